The summed E-state index contributed by atoms with van der Waals surface area (Å²) < 4.78 is 24.5. The predicted molar refractivity (Wildman–Crippen MR) is 66.6 cm³/mol. The zero-order valence-electron chi connectivity index (χ0n) is 10.4. The second-order valence-corrected chi connectivity index (χ2v) is 6.86. The van der Waals surface area contributed by atoms with E-state index in [9.17, 15) is 8.42 Å². The maximum Gasteiger partial charge on any atom is 0.211 e. The summed E-state index contributed by atoms with van der Waals surface area (Å²) in [6, 6.07) is 0.272. The molecule has 96 valence electrons. The summed E-state index contributed by atoms with van der Waals surface area (Å²) in [7, 11) is -3.00. The highest BCUT2D eigenvalue weighted by Gasteiger charge is 2.25. The minimum atomic E-state index is -3.00. The maximum atomic E-state index is 11.4. The van der Waals surface area contributed by atoms with Crippen LogP contribution >= 0.6 is 0 Å². The standard InChI is InChI=1S/C11H24N2O2S/c1-3-11(12)7-6-10-5-4-8-13(9-10)16(2,14)15/h10-11H,3-9,12H2,1-2H3. The molecule has 1 saturated heterocycles. The SMILES string of the molecule is CCC(N)CCC1CCCN(S(C)(=O)=O)C1. The molecular weight excluding hydrogens is 224 g/mol. The molecule has 4 nitrogen and oxygen atoms in total. The van der Waals surface area contributed by atoms with Crippen LogP contribution in [-0.2, 0) is 10.0 Å². The highest BCUT2D eigenvalue weighted by molar-refractivity contribution is 7.88. The number of rotatable bonds is 5. The van der Waals surface area contributed by atoms with Crippen LogP contribution in [0.4, 0.5) is 0 Å². The van der Waals surface area contributed by atoms with Gasteiger partial charge in [-0.3, -0.25) is 0 Å². The first-order valence-electron chi connectivity index (χ1n) is 6.14. The lowest BCUT2D eigenvalue weighted by molar-refractivity contribution is 0.249. The van der Waals surface area contributed by atoms with Gasteiger partial charge in [0, 0.05) is 19.1 Å². The third kappa shape index (κ3) is 4.39. The quantitative estimate of drug-likeness (QED) is 0.794. The van der Waals surface area contributed by atoms with E-state index in [-0.39, 0.29) is 6.04 Å². The number of nitrogens with zero attached hydrogens (tertiary/aromatic N) is 1. The fourth-order valence-corrected chi connectivity index (χ4v) is 3.16. The molecule has 0 aromatic rings. The third-order valence-electron chi connectivity index (χ3n) is 3.42. The summed E-state index contributed by atoms with van der Waals surface area (Å²) in [5.74, 6) is 0.501. The van der Waals surface area contributed by atoms with Gasteiger partial charge in [0.15, 0.2) is 0 Å². The molecule has 0 amide bonds. The van der Waals surface area contributed by atoms with Crippen LogP contribution < -0.4 is 5.73 Å². The maximum absolute atomic E-state index is 11.4. The lowest BCUT2D eigenvalue weighted by atomic mass is 9.92. The fourth-order valence-electron chi connectivity index (χ4n) is 2.22. The number of hydrogen-bond acceptors (Lipinski definition) is 3. The lowest BCUT2D eigenvalue weighted by Gasteiger charge is -2.31. The van der Waals surface area contributed by atoms with Crippen LogP contribution in [0.2, 0.25) is 0 Å². The molecule has 0 aromatic heterocycles. The Labute approximate surface area is 99.2 Å². The first kappa shape index (κ1) is 13.9. The van der Waals surface area contributed by atoms with E-state index in [2.05, 4.69) is 6.92 Å². The number of hydrogen-bond donors (Lipinski definition) is 1. The lowest BCUT2D eigenvalue weighted by Crippen LogP contribution is -2.39. The highest BCUT2D eigenvalue weighted by Crippen LogP contribution is 2.23. The Bertz CT molecular complexity index is 303. The summed E-state index contributed by atoms with van der Waals surface area (Å²) >= 11 is 0. The summed E-state index contributed by atoms with van der Waals surface area (Å²) in [6.45, 7) is 3.47. The largest absolute Gasteiger partial charge is 0.328 e. The minimum Gasteiger partial charge on any atom is -0.328 e. The van der Waals surface area contributed by atoms with Gasteiger partial charge >= 0.3 is 0 Å². The molecule has 16 heavy (non-hydrogen) atoms. The van der Waals surface area contributed by atoms with Gasteiger partial charge in [-0.2, -0.15) is 0 Å². The van der Waals surface area contributed by atoms with Crippen molar-refractivity contribution < 1.29 is 8.42 Å². The molecule has 1 fully saturated rings. The van der Waals surface area contributed by atoms with Crippen molar-refractivity contribution in [3.8, 4) is 0 Å². The van der Waals surface area contributed by atoms with Crippen molar-refractivity contribution in [2.75, 3.05) is 19.3 Å². The Morgan fingerprint density at radius 2 is 2.19 bits per heavy atom. The van der Waals surface area contributed by atoms with E-state index >= 15 is 0 Å². The number of piperidine rings is 1. The smallest absolute Gasteiger partial charge is 0.211 e. The summed E-state index contributed by atoms with van der Waals surface area (Å²) in [6.07, 6.45) is 6.50. The summed E-state index contributed by atoms with van der Waals surface area (Å²) in [5.41, 5.74) is 5.88. The van der Waals surface area contributed by atoms with Crippen LogP contribution in [0.25, 0.3) is 0 Å². The summed E-state index contributed by atoms with van der Waals surface area (Å²) in [4.78, 5) is 0. The van der Waals surface area contributed by atoms with Gasteiger partial charge < -0.3 is 5.73 Å². The van der Waals surface area contributed by atoms with Gasteiger partial charge in [-0.1, -0.05) is 6.92 Å². The molecule has 0 spiro atoms. The second kappa shape index (κ2) is 5.98. The van der Waals surface area contributed by atoms with Gasteiger partial charge in [0.1, 0.15) is 0 Å². The first-order chi connectivity index (χ1) is 7.43. The molecule has 0 radical (unpaired) electrons. The van der Waals surface area contributed by atoms with E-state index in [1.54, 1.807) is 4.31 Å². The Kier molecular flexibility index (Phi) is 5.21. The molecule has 1 heterocycles. The van der Waals surface area contributed by atoms with Crippen molar-refractivity contribution in [1.82, 2.24) is 4.31 Å². The van der Waals surface area contributed by atoms with E-state index < -0.39 is 10.0 Å². The van der Waals surface area contributed by atoms with Crippen molar-refractivity contribution in [3.63, 3.8) is 0 Å². The number of sulfonamides is 1. The zero-order valence-corrected chi connectivity index (χ0v) is 11.2. The zero-order chi connectivity index (χ0) is 12.2. The fraction of sp³-hybridized carbons (Fsp3) is 1.00. The molecule has 5 heteroatoms. The van der Waals surface area contributed by atoms with Crippen LogP contribution in [0.5, 0.6) is 0 Å². The Morgan fingerprint density at radius 3 is 2.75 bits per heavy atom. The van der Waals surface area contributed by atoms with E-state index in [1.807, 2.05) is 0 Å². The highest BCUT2D eigenvalue weighted by atomic mass is 32.2. The molecule has 1 rings (SSSR count). The topological polar surface area (TPSA) is 63.4 Å². The van der Waals surface area contributed by atoms with Gasteiger partial charge in [0.25, 0.3) is 0 Å². The molecule has 0 aliphatic carbocycles. The first-order valence-corrected chi connectivity index (χ1v) is 7.99. The molecule has 2 N–H and O–H groups in total. The van der Waals surface area contributed by atoms with Crippen LogP contribution in [0, 0.1) is 5.92 Å². The summed E-state index contributed by atoms with van der Waals surface area (Å²) in [5, 5.41) is 0. The number of nitrogens with two attached hydrogens (primary N) is 1. The molecule has 1 aliphatic rings. The van der Waals surface area contributed by atoms with E-state index in [0.717, 1.165) is 32.1 Å². The Hall–Kier alpha value is -0.130. The molecule has 0 saturated carbocycles. The molecule has 2 atom stereocenters. The predicted octanol–water partition coefficient (Wildman–Crippen LogP) is 1.18. The van der Waals surface area contributed by atoms with Crippen molar-refractivity contribution >= 4 is 10.0 Å². The monoisotopic (exact) mass is 248 g/mol. The van der Waals surface area contributed by atoms with Crippen molar-refractivity contribution in [1.29, 1.82) is 0 Å². The van der Waals surface area contributed by atoms with Gasteiger partial charge in [-0.25, -0.2) is 12.7 Å². The average molecular weight is 248 g/mol. The van der Waals surface area contributed by atoms with E-state index in [0.29, 0.717) is 19.0 Å². The molecular formula is C11H24N2O2S. The average Bonchev–Trinajstić information content (AvgIpc) is 2.25. The normalized spacial score (nSPS) is 25.6. The second-order valence-electron chi connectivity index (χ2n) is 4.87. The molecule has 0 aromatic carbocycles. The van der Waals surface area contributed by atoms with Crippen molar-refractivity contribution in [3.05, 3.63) is 0 Å². The van der Waals surface area contributed by atoms with Crippen molar-refractivity contribution in [2.24, 2.45) is 11.7 Å². The third-order valence-corrected chi connectivity index (χ3v) is 4.69. The van der Waals surface area contributed by atoms with Crippen LogP contribution in [0.3, 0.4) is 0 Å². The van der Waals surface area contributed by atoms with E-state index in [4.69, 9.17) is 5.73 Å². The van der Waals surface area contributed by atoms with Crippen LogP contribution in [-0.4, -0.2) is 38.1 Å². The van der Waals surface area contributed by atoms with Crippen LogP contribution in [0.1, 0.15) is 39.0 Å². The van der Waals surface area contributed by atoms with Crippen molar-refractivity contribution in [2.45, 2.75) is 45.1 Å². The Morgan fingerprint density at radius 1 is 1.50 bits per heavy atom. The molecule has 1 aliphatic heterocycles. The molecule has 2 unspecified atom stereocenters. The van der Waals surface area contributed by atoms with Crippen LogP contribution in [0.15, 0.2) is 0 Å². The van der Waals surface area contributed by atoms with E-state index in [1.165, 1.54) is 6.26 Å². The van der Waals surface area contributed by atoms with Gasteiger partial charge in [0.05, 0.1) is 6.26 Å². The van der Waals surface area contributed by atoms with Gasteiger partial charge in [-0.15, -0.1) is 0 Å². The van der Waals surface area contributed by atoms with Gasteiger partial charge in [-0.05, 0) is 38.0 Å². The van der Waals surface area contributed by atoms with Gasteiger partial charge in [0.2, 0.25) is 10.0 Å². The minimum absolute atomic E-state index is 0.272. The Balaban J connectivity index is 2.39. The molecule has 0 bridgehead atoms.